The van der Waals surface area contributed by atoms with Gasteiger partial charge in [-0.1, -0.05) is 215 Å². The van der Waals surface area contributed by atoms with Gasteiger partial charge in [0.25, 0.3) is 0 Å². The summed E-state index contributed by atoms with van der Waals surface area (Å²) in [5.74, 6) is -3.83. The van der Waals surface area contributed by atoms with E-state index in [4.69, 9.17) is 23.2 Å². The molecule has 0 unspecified atom stereocenters. The fourth-order valence-electron chi connectivity index (χ4n) is 9.35. The van der Waals surface area contributed by atoms with Crippen molar-refractivity contribution in [2.24, 2.45) is 0 Å². The molecule has 0 bridgehead atoms. The van der Waals surface area contributed by atoms with Gasteiger partial charge in [-0.25, -0.2) is 43.9 Å². The molecule has 0 aromatic heterocycles. The Morgan fingerprint density at radius 2 is 0.330 bits per heavy atom. The lowest BCUT2D eigenvalue weighted by Crippen LogP contribution is -1.91. The first-order valence-corrected chi connectivity index (χ1v) is 37.3. The first-order chi connectivity index (χ1) is 52.4. The van der Waals surface area contributed by atoms with Gasteiger partial charge in [-0.05, 0) is 338 Å². The Hall–Kier alpha value is -10.0. The van der Waals surface area contributed by atoms with Gasteiger partial charge in [0.1, 0.15) is 46.5 Å². The summed E-state index contributed by atoms with van der Waals surface area (Å²) < 4.78 is 126. The lowest BCUT2D eigenvalue weighted by atomic mass is 10.0. The molecule has 0 saturated heterocycles. The van der Waals surface area contributed by atoms with Crippen molar-refractivity contribution in [3.05, 3.63) is 432 Å². The molecule has 0 radical (unpaired) electrons. The summed E-state index contributed by atoms with van der Waals surface area (Å²) in [7, 11) is 0. The fourth-order valence-corrected chi connectivity index (χ4v) is 9.82. The van der Waals surface area contributed by atoms with Gasteiger partial charge in [0.2, 0.25) is 0 Å². The van der Waals surface area contributed by atoms with Crippen molar-refractivity contribution in [3.8, 4) is 0 Å². The van der Waals surface area contributed by atoms with E-state index >= 15 is 0 Å². The normalized spacial score (nSPS) is 9.79. The van der Waals surface area contributed by atoms with Crippen molar-refractivity contribution in [1.29, 1.82) is 0 Å². The van der Waals surface area contributed by atoms with Crippen molar-refractivity contribution in [1.82, 2.24) is 0 Å². The lowest BCUT2D eigenvalue weighted by Gasteiger charge is -2.03. The van der Waals surface area contributed by atoms with E-state index < -0.39 is 34.9 Å². The van der Waals surface area contributed by atoms with Crippen LogP contribution in [0.1, 0.15) is 134 Å². The van der Waals surface area contributed by atoms with Crippen molar-refractivity contribution in [3.63, 3.8) is 0 Å². The van der Waals surface area contributed by atoms with Crippen LogP contribution in [0.5, 0.6) is 0 Å². The van der Waals surface area contributed by atoms with Crippen LogP contribution >= 0.6 is 23.2 Å². The molecule has 0 fully saturated rings. The third-order valence-electron chi connectivity index (χ3n) is 17.1. The SMILES string of the molecule is Cc1cc(F)c(C)c(F)c1.Cc1cc(F)c(C)c(F)c1.Cc1ccc(C)c(Cl)c1.Cc1ccc(C)c(Cl)c1.Cc1ccc(C)c(F)c1.Cc1ccc(C)c(F)c1.Cc1ccc(C)c(F)c1.Cc1ccc(C)c(F)c1.Cc1ccc(C)c(F)c1F.Cc1ccc(C)c2ccccc12.Cc1ccc(C)cc1.Cc1ccc(C)cc1. The van der Waals surface area contributed by atoms with Gasteiger partial charge >= 0.3 is 0 Å². The summed E-state index contributed by atoms with van der Waals surface area (Å²) in [6.45, 7) is 44.5. The summed E-state index contributed by atoms with van der Waals surface area (Å²) in [5, 5.41) is 4.46. The Balaban J connectivity index is 0.000000415. The second kappa shape index (κ2) is 50.1. The first-order valence-electron chi connectivity index (χ1n) is 36.5. The molecule has 594 valence electrons. The van der Waals surface area contributed by atoms with E-state index in [0.29, 0.717) is 44.5 Å². The predicted molar refractivity (Wildman–Crippen MR) is 458 cm³/mol. The highest BCUT2D eigenvalue weighted by Gasteiger charge is 2.08. The largest absolute Gasteiger partial charge is 0.207 e. The van der Waals surface area contributed by atoms with Gasteiger partial charge < -0.3 is 0 Å². The Bertz CT molecular complexity index is 4420. The van der Waals surface area contributed by atoms with Crippen LogP contribution in [0.3, 0.4) is 0 Å². The third-order valence-corrected chi connectivity index (χ3v) is 17.9. The highest BCUT2D eigenvalue weighted by atomic mass is 35.5. The smallest absolute Gasteiger partial charge is 0.161 e. The summed E-state index contributed by atoms with van der Waals surface area (Å²) in [4.78, 5) is 0. The third kappa shape index (κ3) is 37.8. The van der Waals surface area contributed by atoms with E-state index in [1.54, 1.807) is 77.9 Å². The number of hydrogen-bond donors (Lipinski definition) is 0. The molecule has 13 aromatic rings. The molecule has 0 aliphatic carbocycles. The van der Waals surface area contributed by atoms with E-state index in [9.17, 15) is 43.9 Å². The van der Waals surface area contributed by atoms with E-state index in [-0.39, 0.29) is 34.4 Å². The lowest BCUT2D eigenvalue weighted by molar-refractivity contribution is 0.497. The van der Waals surface area contributed by atoms with Crippen LogP contribution in [-0.2, 0) is 0 Å². The maximum absolute atomic E-state index is 12.6. The zero-order chi connectivity index (χ0) is 84.8. The molecule has 0 spiro atoms. The second-order valence-electron chi connectivity index (χ2n) is 28.1. The molecule has 0 N–H and O–H groups in total. The molecular weight excluding hydrogens is 1460 g/mol. The maximum Gasteiger partial charge on any atom is 0.161 e. The van der Waals surface area contributed by atoms with Gasteiger partial charge in [-0.2, -0.15) is 0 Å². The Morgan fingerprint density at radius 3 is 0.518 bits per heavy atom. The van der Waals surface area contributed by atoms with Crippen LogP contribution in [0.4, 0.5) is 43.9 Å². The predicted octanol–water partition coefficient (Wildman–Crippen LogP) is 31.5. The topological polar surface area (TPSA) is 0 Å². The van der Waals surface area contributed by atoms with Crippen molar-refractivity contribution in [2.45, 2.75) is 166 Å². The molecule has 0 aliphatic heterocycles. The monoisotopic (exact) mass is 1570 g/mol. The van der Waals surface area contributed by atoms with Crippen LogP contribution in [0, 0.1) is 224 Å². The number of fused-ring (bicyclic) bond motifs is 1. The minimum Gasteiger partial charge on any atom is -0.207 e. The number of rotatable bonds is 0. The summed E-state index contributed by atoms with van der Waals surface area (Å²) in [5.41, 5.74) is 21.6. The van der Waals surface area contributed by atoms with Gasteiger partial charge in [-0.3, -0.25) is 0 Å². The number of aryl methyl sites for hydroxylation is 22. The van der Waals surface area contributed by atoms with Crippen LogP contribution in [0.15, 0.2) is 231 Å². The van der Waals surface area contributed by atoms with Gasteiger partial charge in [0.05, 0.1) is 0 Å². The molecule has 0 amide bonds. The Kier molecular flexibility index (Phi) is 43.9. The minimum absolute atomic E-state index is 0.0885. The van der Waals surface area contributed by atoms with Crippen LogP contribution in [0.25, 0.3) is 10.8 Å². The molecule has 0 nitrogen and oxygen atoms in total. The molecule has 12 heteroatoms. The van der Waals surface area contributed by atoms with Crippen LogP contribution in [0.2, 0.25) is 10.0 Å². The summed E-state index contributed by atoms with van der Waals surface area (Å²) in [6, 6.07) is 71.2. The van der Waals surface area contributed by atoms with E-state index in [1.807, 2.05) is 104 Å². The molecular formula is C100H110Cl2F10. The zero-order valence-electron chi connectivity index (χ0n) is 69.5. The van der Waals surface area contributed by atoms with Crippen LogP contribution in [-0.4, -0.2) is 0 Å². The molecule has 0 heterocycles. The van der Waals surface area contributed by atoms with Gasteiger partial charge in [-0.15, -0.1) is 0 Å². The van der Waals surface area contributed by atoms with E-state index in [1.165, 1.54) is 132 Å². The second-order valence-corrected chi connectivity index (χ2v) is 28.9. The molecule has 13 aromatic carbocycles. The Labute approximate surface area is 672 Å². The first kappa shape index (κ1) is 98.1. The average molecular weight is 1570 g/mol. The fraction of sp³-hybridized carbons (Fsp3) is 0.240. The van der Waals surface area contributed by atoms with Crippen LogP contribution < -0.4 is 0 Å². The highest BCUT2D eigenvalue weighted by Crippen LogP contribution is 2.23. The maximum atomic E-state index is 12.6. The zero-order valence-corrected chi connectivity index (χ0v) is 71.0. The van der Waals surface area contributed by atoms with Gasteiger partial charge in [0, 0.05) is 21.2 Å². The highest BCUT2D eigenvalue weighted by molar-refractivity contribution is 6.31. The number of halogens is 12. The number of hydrogen-bond acceptors (Lipinski definition) is 0. The average Bonchev–Trinajstić information content (AvgIpc) is 0.817. The summed E-state index contributed by atoms with van der Waals surface area (Å²) >= 11 is 11.6. The standard InChI is InChI=1S/C12H12.2C8H9Cl.3C8H8F2.4C8H9F.2C8H10/c1-9-7-8-10(2)12-6-4-3-5-11(9)12;2*1-6-3-4-7(2)8(9)5-6;2*1-5-3-7(9)6(2)8(10)4-5;1-5-3-4-6(2)8(10)7(5)9;4*1-6-3-4-7(2)8(9)5-6;2*1-7-3-5-8(2)6-4-7/h3-8H,1-2H3;2*3-5H,1-2H3;3*3-4H,1-2H3;4*3-5H,1-2H3;2*3-6H,1-2H3. The minimum atomic E-state index is -0.736. The Morgan fingerprint density at radius 1 is 0.161 bits per heavy atom. The number of benzene rings is 13. The van der Waals surface area contributed by atoms with Crippen molar-refractivity contribution < 1.29 is 43.9 Å². The summed E-state index contributed by atoms with van der Waals surface area (Å²) in [6.07, 6.45) is 0. The van der Waals surface area contributed by atoms with Gasteiger partial charge in [0.15, 0.2) is 11.6 Å². The molecule has 13 rings (SSSR count). The molecule has 0 aliphatic rings. The molecule has 0 atom stereocenters. The van der Waals surface area contributed by atoms with E-state index in [2.05, 4.69) is 139 Å². The van der Waals surface area contributed by atoms with Crippen molar-refractivity contribution in [2.75, 3.05) is 0 Å². The van der Waals surface area contributed by atoms with E-state index in [0.717, 1.165) is 43.4 Å². The van der Waals surface area contributed by atoms with Crippen molar-refractivity contribution >= 4 is 34.0 Å². The quantitative estimate of drug-likeness (QED) is 0.133. The molecule has 112 heavy (non-hydrogen) atoms. The molecule has 0 saturated carbocycles.